The highest BCUT2D eigenvalue weighted by Gasteiger charge is 2.16. The number of hydrogen-bond acceptors (Lipinski definition) is 7. The zero-order valence-corrected chi connectivity index (χ0v) is 16.1. The predicted octanol–water partition coefficient (Wildman–Crippen LogP) is 3.64. The standard InChI is InChI=1S/C19H20N2O6S/c1-25-16-5-3-13(9-15(16)21(23)24)11-28-12-19(22)20-14-4-6-17-18(10-14)27-8-2-7-26-17/h3-6,9-10H,2,7-8,11-12H2,1H3,(H,20,22). The van der Waals surface area contributed by atoms with Crippen molar-refractivity contribution in [3.05, 3.63) is 52.1 Å². The molecular formula is C19H20N2O6S. The molecule has 0 saturated heterocycles. The van der Waals surface area contributed by atoms with Gasteiger partial charge in [-0.3, -0.25) is 14.9 Å². The lowest BCUT2D eigenvalue weighted by atomic mass is 10.2. The first kappa shape index (κ1) is 19.8. The molecular weight excluding hydrogens is 384 g/mol. The lowest BCUT2D eigenvalue weighted by Gasteiger charge is -2.10. The summed E-state index contributed by atoms with van der Waals surface area (Å²) in [6.45, 7) is 1.19. The number of anilines is 1. The predicted molar refractivity (Wildman–Crippen MR) is 106 cm³/mol. The van der Waals surface area contributed by atoms with Crippen molar-refractivity contribution in [1.29, 1.82) is 0 Å². The summed E-state index contributed by atoms with van der Waals surface area (Å²) in [6, 6.07) is 10.1. The number of nitro groups is 1. The van der Waals surface area contributed by atoms with Crippen LogP contribution in [-0.2, 0) is 10.5 Å². The number of amides is 1. The number of ether oxygens (including phenoxy) is 3. The Morgan fingerprint density at radius 2 is 2.00 bits per heavy atom. The van der Waals surface area contributed by atoms with Crippen molar-refractivity contribution in [2.75, 3.05) is 31.4 Å². The second-order valence-corrected chi connectivity index (χ2v) is 7.00. The summed E-state index contributed by atoms with van der Waals surface area (Å²) in [5.41, 5.74) is 1.30. The molecule has 2 aromatic rings. The van der Waals surface area contributed by atoms with Gasteiger partial charge >= 0.3 is 5.69 Å². The molecule has 1 aliphatic heterocycles. The number of hydrogen-bond donors (Lipinski definition) is 1. The smallest absolute Gasteiger partial charge is 0.311 e. The molecule has 1 N–H and O–H groups in total. The van der Waals surface area contributed by atoms with E-state index in [-0.39, 0.29) is 23.1 Å². The highest BCUT2D eigenvalue weighted by molar-refractivity contribution is 7.99. The normalized spacial score (nSPS) is 12.8. The number of rotatable bonds is 7. The minimum Gasteiger partial charge on any atom is -0.490 e. The zero-order valence-electron chi connectivity index (χ0n) is 15.3. The summed E-state index contributed by atoms with van der Waals surface area (Å²) in [6.07, 6.45) is 0.816. The minimum absolute atomic E-state index is 0.0859. The van der Waals surface area contributed by atoms with Gasteiger partial charge in [-0.05, 0) is 23.8 Å². The van der Waals surface area contributed by atoms with Gasteiger partial charge in [0.1, 0.15) is 0 Å². The van der Waals surface area contributed by atoms with Crippen LogP contribution in [0.15, 0.2) is 36.4 Å². The molecule has 3 rings (SSSR count). The summed E-state index contributed by atoms with van der Waals surface area (Å²) in [7, 11) is 1.39. The lowest BCUT2D eigenvalue weighted by molar-refractivity contribution is -0.385. The fourth-order valence-electron chi connectivity index (χ4n) is 2.67. The van der Waals surface area contributed by atoms with Gasteiger partial charge in [0.05, 0.1) is 31.0 Å². The van der Waals surface area contributed by atoms with Crippen molar-refractivity contribution in [2.24, 2.45) is 0 Å². The van der Waals surface area contributed by atoms with Gasteiger partial charge < -0.3 is 19.5 Å². The molecule has 0 fully saturated rings. The third kappa shape index (κ3) is 5.07. The van der Waals surface area contributed by atoms with E-state index in [1.165, 1.54) is 24.9 Å². The lowest BCUT2D eigenvalue weighted by Crippen LogP contribution is -2.14. The summed E-state index contributed by atoms with van der Waals surface area (Å²) >= 11 is 1.37. The van der Waals surface area contributed by atoms with E-state index >= 15 is 0 Å². The third-order valence-electron chi connectivity index (χ3n) is 3.97. The van der Waals surface area contributed by atoms with Gasteiger partial charge in [-0.15, -0.1) is 11.8 Å². The van der Waals surface area contributed by atoms with E-state index < -0.39 is 4.92 Å². The highest BCUT2D eigenvalue weighted by atomic mass is 32.2. The molecule has 0 radical (unpaired) electrons. The second kappa shape index (κ2) is 9.32. The molecule has 0 saturated carbocycles. The summed E-state index contributed by atoms with van der Waals surface area (Å²) < 4.78 is 16.2. The average Bonchev–Trinajstić information content (AvgIpc) is 2.92. The Balaban J connectivity index is 1.53. The monoisotopic (exact) mass is 404 g/mol. The molecule has 9 heteroatoms. The van der Waals surface area contributed by atoms with Gasteiger partial charge in [0.15, 0.2) is 17.2 Å². The van der Waals surface area contributed by atoms with Crippen LogP contribution >= 0.6 is 11.8 Å². The molecule has 1 amide bonds. The molecule has 28 heavy (non-hydrogen) atoms. The topological polar surface area (TPSA) is 99.9 Å². The van der Waals surface area contributed by atoms with Crippen molar-refractivity contribution in [3.63, 3.8) is 0 Å². The Hall–Kier alpha value is -2.94. The van der Waals surface area contributed by atoms with Gasteiger partial charge in [-0.1, -0.05) is 6.07 Å². The Morgan fingerprint density at radius 3 is 2.75 bits per heavy atom. The number of nitrogens with zero attached hydrogens (tertiary/aromatic N) is 1. The van der Waals surface area contributed by atoms with Crippen molar-refractivity contribution in [2.45, 2.75) is 12.2 Å². The number of fused-ring (bicyclic) bond motifs is 1. The van der Waals surface area contributed by atoms with Crippen molar-refractivity contribution in [1.82, 2.24) is 0 Å². The first-order valence-corrected chi connectivity index (χ1v) is 9.81. The zero-order chi connectivity index (χ0) is 19.9. The van der Waals surface area contributed by atoms with Gasteiger partial charge in [0, 0.05) is 30.0 Å². The minimum atomic E-state index is -0.482. The molecule has 0 atom stereocenters. The number of carbonyl (C=O) groups is 1. The molecule has 0 aliphatic carbocycles. The van der Waals surface area contributed by atoms with Gasteiger partial charge in [-0.2, -0.15) is 0 Å². The second-order valence-electron chi connectivity index (χ2n) is 6.02. The largest absolute Gasteiger partial charge is 0.490 e. The van der Waals surface area contributed by atoms with E-state index in [1.54, 1.807) is 30.3 Å². The molecule has 0 bridgehead atoms. The number of nitrogens with one attached hydrogen (secondary N) is 1. The Bertz CT molecular complexity index is 873. The summed E-state index contributed by atoms with van der Waals surface area (Å²) in [5, 5.41) is 13.9. The first-order valence-electron chi connectivity index (χ1n) is 8.65. The van der Waals surface area contributed by atoms with E-state index in [0.717, 1.165) is 12.0 Å². The maximum atomic E-state index is 12.2. The van der Waals surface area contributed by atoms with Crippen LogP contribution in [0.3, 0.4) is 0 Å². The van der Waals surface area contributed by atoms with E-state index in [1.807, 2.05) is 0 Å². The number of nitro benzene ring substituents is 1. The quantitative estimate of drug-likeness (QED) is 0.555. The van der Waals surface area contributed by atoms with E-state index in [4.69, 9.17) is 14.2 Å². The average molecular weight is 404 g/mol. The maximum absolute atomic E-state index is 12.2. The van der Waals surface area contributed by atoms with Crippen LogP contribution in [-0.4, -0.2) is 36.9 Å². The molecule has 148 valence electrons. The van der Waals surface area contributed by atoms with Gasteiger partial charge in [0.25, 0.3) is 0 Å². The van der Waals surface area contributed by atoms with Crippen molar-refractivity contribution >= 4 is 29.0 Å². The molecule has 0 aromatic heterocycles. The SMILES string of the molecule is COc1ccc(CSCC(=O)Nc2ccc3c(c2)OCCCO3)cc1[N+](=O)[O-]. The van der Waals surface area contributed by atoms with Crippen LogP contribution in [0, 0.1) is 10.1 Å². The molecule has 0 unspecified atom stereocenters. The maximum Gasteiger partial charge on any atom is 0.311 e. The fraction of sp³-hybridized carbons (Fsp3) is 0.316. The molecule has 1 aliphatic rings. The van der Waals surface area contributed by atoms with Crippen molar-refractivity contribution < 1.29 is 23.9 Å². The Labute approximate surface area is 166 Å². The van der Waals surface area contributed by atoms with E-state index in [0.29, 0.717) is 36.2 Å². The Morgan fingerprint density at radius 1 is 1.21 bits per heavy atom. The van der Waals surface area contributed by atoms with E-state index in [9.17, 15) is 14.9 Å². The van der Waals surface area contributed by atoms with Crippen LogP contribution in [0.2, 0.25) is 0 Å². The first-order chi connectivity index (χ1) is 13.6. The molecule has 1 heterocycles. The molecule has 8 nitrogen and oxygen atoms in total. The number of methoxy groups -OCH3 is 1. The van der Waals surface area contributed by atoms with Crippen LogP contribution in [0.5, 0.6) is 17.2 Å². The number of carbonyl (C=O) groups excluding carboxylic acids is 1. The van der Waals surface area contributed by atoms with Crippen LogP contribution in [0.1, 0.15) is 12.0 Å². The van der Waals surface area contributed by atoms with Crippen LogP contribution in [0.4, 0.5) is 11.4 Å². The number of thioether (sulfide) groups is 1. The number of benzene rings is 2. The van der Waals surface area contributed by atoms with Gasteiger partial charge in [-0.25, -0.2) is 0 Å². The summed E-state index contributed by atoms with van der Waals surface area (Å²) in [4.78, 5) is 22.8. The molecule has 2 aromatic carbocycles. The third-order valence-corrected chi connectivity index (χ3v) is 4.98. The molecule has 0 spiro atoms. The summed E-state index contributed by atoms with van der Waals surface area (Å²) in [5.74, 6) is 2.03. The van der Waals surface area contributed by atoms with Crippen LogP contribution < -0.4 is 19.5 Å². The van der Waals surface area contributed by atoms with Gasteiger partial charge in [0.2, 0.25) is 5.91 Å². The highest BCUT2D eigenvalue weighted by Crippen LogP contribution is 2.32. The van der Waals surface area contributed by atoms with Crippen molar-refractivity contribution in [3.8, 4) is 17.2 Å². The van der Waals surface area contributed by atoms with E-state index in [2.05, 4.69) is 5.32 Å². The fourth-order valence-corrected chi connectivity index (χ4v) is 3.44. The van der Waals surface area contributed by atoms with Crippen LogP contribution in [0.25, 0.3) is 0 Å². The Kier molecular flexibility index (Phi) is 6.59.